The number of rotatable bonds is 1. The lowest BCUT2D eigenvalue weighted by Gasteiger charge is -2.17. The molecule has 0 unspecified atom stereocenters. The molecule has 1 heterocycles. The van der Waals surface area contributed by atoms with Gasteiger partial charge in [-0.15, -0.1) is 0 Å². The van der Waals surface area contributed by atoms with Gasteiger partial charge in [-0.05, 0) is 29.5 Å². The van der Waals surface area contributed by atoms with E-state index in [1.807, 2.05) is 20.8 Å². The Kier molecular flexibility index (Phi) is 3.35. The summed E-state index contributed by atoms with van der Waals surface area (Å²) in [5.74, 6) is -1.17. The topological polar surface area (TPSA) is 4.93 Å². The van der Waals surface area contributed by atoms with Crippen LogP contribution in [0.4, 0.5) is 17.6 Å². The molecule has 0 aliphatic rings. The van der Waals surface area contributed by atoms with Crippen LogP contribution in [0.3, 0.4) is 0 Å². The molecule has 0 atom stereocenters. The molecule has 1 nitrogen and oxygen atoms in total. The first-order chi connectivity index (χ1) is 9.00. The van der Waals surface area contributed by atoms with E-state index in [2.05, 4.69) is 0 Å². The van der Waals surface area contributed by atoms with E-state index in [4.69, 9.17) is 0 Å². The van der Waals surface area contributed by atoms with Gasteiger partial charge in [-0.25, -0.2) is 4.39 Å². The fraction of sp³-hybridized carbons (Fsp3) is 0.467. The van der Waals surface area contributed by atoms with Crippen LogP contribution >= 0.6 is 0 Å². The molecular formula is C15H17F4N. The number of alkyl halides is 3. The maximum absolute atomic E-state index is 14.3. The fourth-order valence-corrected chi connectivity index (χ4v) is 2.46. The van der Waals surface area contributed by atoms with Gasteiger partial charge in [0.25, 0.3) is 0 Å². The Labute approximate surface area is 115 Å². The van der Waals surface area contributed by atoms with Crippen LogP contribution in [-0.2, 0) is 19.6 Å². The van der Waals surface area contributed by atoms with Crippen molar-refractivity contribution in [2.24, 2.45) is 12.5 Å². The van der Waals surface area contributed by atoms with E-state index in [0.717, 1.165) is 6.07 Å². The molecule has 0 amide bonds. The number of halogens is 4. The summed E-state index contributed by atoms with van der Waals surface area (Å²) in [4.78, 5) is 0. The molecule has 0 N–H and O–H groups in total. The van der Waals surface area contributed by atoms with Gasteiger partial charge in [-0.3, -0.25) is 0 Å². The summed E-state index contributed by atoms with van der Waals surface area (Å²) >= 11 is 0. The monoisotopic (exact) mass is 287 g/mol. The van der Waals surface area contributed by atoms with Crippen LogP contribution in [0, 0.1) is 11.2 Å². The molecule has 0 aliphatic heterocycles. The first-order valence-electron chi connectivity index (χ1n) is 6.34. The molecule has 0 saturated carbocycles. The molecule has 20 heavy (non-hydrogen) atoms. The van der Waals surface area contributed by atoms with Crippen molar-refractivity contribution in [3.63, 3.8) is 0 Å². The Balaban J connectivity index is 2.72. The highest BCUT2D eigenvalue weighted by Crippen LogP contribution is 2.37. The normalized spacial score (nSPS) is 13.2. The maximum Gasteiger partial charge on any atom is 0.419 e. The van der Waals surface area contributed by atoms with Crippen molar-refractivity contribution in [2.45, 2.75) is 33.4 Å². The number of hydrogen-bond acceptors (Lipinski definition) is 0. The van der Waals surface area contributed by atoms with Gasteiger partial charge in [0.05, 0.1) is 11.1 Å². The van der Waals surface area contributed by atoms with Gasteiger partial charge in [0.1, 0.15) is 5.82 Å². The first kappa shape index (κ1) is 14.9. The van der Waals surface area contributed by atoms with Gasteiger partial charge >= 0.3 is 6.18 Å². The lowest BCUT2D eigenvalue weighted by atomic mass is 9.88. The van der Waals surface area contributed by atoms with E-state index < -0.39 is 17.6 Å². The van der Waals surface area contributed by atoms with E-state index >= 15 is 0 Å². The fourth-order valence-electron chi connectivity index (χ4n) is 2.46. The van der Waals surface area contributed by atoms with E-state index in [9.17, 15) is 17.6 Å². The predicted octanol–water partition coefficient (Wildman–Crippen LogP) is 4.92. The SMILES string of the molecule is Cn1cc(CC(C)(C)C)c2c(F)c(C(F)(F)F)ccc21. The zero-order chi connectivity index (χ0) is 15.3. The van der Waals surface area contributed by atoms with E-state index in [0.29, 0.717) is 17.5 Å². The quantitative estimate of drug-likeness (QED) is 0.656. The lowest BCUT2D eigenvalue weighted by Crippen LogP contribution is -2.11. The van der Waals surface area contributed by atoms with Gasteiger partial charge in [0.15, 0.2) is 0 Å². The summed E-state index contributed by atoms with van der Waals surface area (Å²) in [5.41, 5.74) is -0.241. The molecule has 0 spiro atoms. The molecule has 1 aromatic heterocycles. The van der Waals surface area contributed by atoms with Gasteiger partial charge < -0.3 is 4.57 Å². The molecular weight excluding hydrogens is 270 g/mol. The van der Waals surface area contributed by atoms with Crippen LogP contribution < -0.4 is 0 Å². The zero-order valence-electron chi connectivity index (χ0n) is 11.9. The highest BCUT2D eigenvalue weighted by molar-refractivity contribution is 5.85. The molecule has 0 saturated heterocycles. The summed E-state index contributed by atoms with van der Waals surface area (Å²) in [6.07, 6.45) is -2.45. The van der Waals surface area contributed by atoms with Gasteiger partial charge in [0.2, 0.25) is 0 Å². The summed E-state index contributed by atoms with van der Waals surface area (Å²) in [7, 11) is 1.71. The van der Waals surface area contributed by atoms with Crippen molar-refractivity contribution in [3.8, 4) is 0 Å². The summed E-state index contributed by atoms with van der Waals surface area (Å²) in [6.45, 7) is 5.91. The molecule has 5 heteroatoms. The molecule has 0 fully saturated rings. The van der Waals surface area contributed by atoms with Crippen molar-refractivity contribution in [2.75, 3.05) is 0 Å². The number of benzene rings is 1. The average molecular weight is 287 g/mol. The second-order valence-corrected chi connectivity index (χ2v) is 6.32. The van der Waals surface area contributed by atoms with Crippen LogP contribution in [0.2, 0.25) is 0 Å². The Bertz CT molecular complexity index is 644. The third-order valence-corrected chi connectivity index (χ3v) is 3.20. The minimum atomic E-state index is -4.67. The largest absolute Gasteiger partial charge is 0.419 e. The van der Waals surface area contributed by atoms with E-state index in [1.165, 1.54) is 6.07 Å². The van der Waals surface area contributed by atoms with Crippen LogP contribution in [0.25, 0.3) is 10.9 Å². The number of hydrogen-bond donors (Lipinski definition) is 0. The number of fused-ring (bicyclic) bond motifs is 1. The molecule has 110 valence electrons. The van der Waals surface area contributed by atoms with Crippen LogP contribution in [-0.4, -0.2) is 4.57 Å². The average Bonchev–Trinajstić information content (AvgIpc) is 2.52. The summed E-state index contributed by atoms with van der Waals surface area (Å²) in [6, 6.07) is 2.13. The van der Waals surface area contributed by atoms with E-state index in [1.54, 1.807) is 17.8 Å². The summed E-state index contributed by atoms with van der Waals surface area (Å²) < 4.78 is 54.4. The highest BCUT2D eigenvalue weighted by Gasteiger charge is 2.35. The molecule has 0 bridgehead atoms. The Hall–Kier alpha value is -1.52. The third kappa shape index (κ3) is 2.67. The van der Waals surface area contributed by atoms with E-state index in [-0.39, 0.29) is 10.8 Å². The maximum atomic E-state index is 14.3. The minimum Gasteiger partial charge on any atom is -0.350 e. The minimum absolute atomic E-state index is 0.0808. The molecule has 2 rings (SSSR count). The number of aromatic nitrogens is 1. The van der Waals surface area contributed by atoms with Gasteiger partial charge in [-0.1, -0.05) is 20.8 Å². The Morgan fingerprint density at radius 1 is 1.10 bits per heavy atom. The lowest BCUT2D eigenvalue weighted by molar-refractivity contribution is -0.139. The predicted molar refractivity (Wildman–Crippen MR) is 71.0 cm³/mol. The standard InChI is InChI=1S/C15H17F4N/c1-14(2,3)7-9-8-20(4)11-6-5-10(15(17,18)19)13(16)12(9)11/h5-6,8H,7H2,1-4H3. The first-order valence-corrected chi connectivity index (χ1v) is 6.34. The van der Waals surface area contributed by atoms with Crippen LogP contribution in [0.5, 0.6) is 0 Å². The third-order valence-electron chi connectivity index (χ3n) is 3.20. The molecule has 2 aromatic rings. The zero-order valence-corrected chi connectivity index (χ0v) is 11.9. The highest BCUT2D eigenvalue weighted by atomic mass is 19.4. The second kappa shape index (κ2) is 4.50. The smallest absolute Gasteiger partial charge is 0.350 e. The van der Waals surface area contributed by atoms with Crippen molar-refractivity contribution in [1.29, 1.82) is 0 Å². The molecule has 0 radical (unpaired) electrons. The van der Waals surface area contributed by atoms with Crippen molar-refractivity contribution < 1.29 is 17.6 Å². The van der Waals surface area contributed by atoms with Crippen LogP contribution in [0.15, 0.2) is 18.3 Å². The molecule has 1 aromatic carbocycles. The number of aryl methyl sites for hydroxylation is 1. The van der Waals surface area contributed by atoms with Gasteiger partial charge in [-0.2, -0.15) is 13.2 Å². The van der Waals surface area contributed by atoms with Crippen molar-refractivity contribution in [1.82, 2.24) is 4.57 Å². The van der Waals surface area contributed by atoms with Crippen LogP contribution in [0.1, 0.15) is 31.9 Å². The Morgan fingerprint density at radius 2 is 1.70 bits per heavy atom. The summed E-state index contributed by atoms with van der Waals surface area (Å²) in [5, 5.41) is 0.0808. The van der Waals surface area contributed by atoms with Gasteiger partial charge in [0, 0.05) is 18.6 Å². The van der Waals surface area contributed by atoms with Crippen molar-refractivity contribution in [3.05, 3.63) is 35.3 Å². The molecule has 0 aliphatic carbocycles. The van der Waals surface area contributed by atoms with Crippen molar-refractivity contribution >= 4 is 10.9 Å². The second-order valence-electron chi connectivity index (χ2n) is 6.32. The number of nitrogens with zero attached hydrogens (tertiary/aromatic N) is 1. The Morgan fingerprint density at radius 3 is 2.20 bits per heavy atom.